The molecule has 0 saturated heterocycles. The zero-order valence-electron chi connectivity index (χ0n) is 12.1. The Balaban J connectivity index is 2.00. The van der Waals surface area contributed by atoms with Gasteiger partial charge in [0, 0.05) is 19.3 Å². The summed E-state index contributed by atoms with van der Waals surface area (Å²) < 4.78 is 0.613. The van der Waals surface area contributed by atoms with Gasteiger partial charge in [-0.15, -0.1) is 11.3 Å². The first-order valence-corrected chi connectivity index (χ1v) is 7.95. The van der Waals surface area contributed by atoms with E-state index in [9.17, 15) is 4.79 Å². The minimum absolute atomic E-state index is 0.0490. The van der Waals surface area contributed by atoms with E-state index in [0.29, 0.717) is 22.2 Å². The predicted molar refractivity (Wildman–Crippen MR) is 92.6 cm³/mol. The number of anilines is 1. The van der Waals surface area contributed by atoms with Crippen molar-refractivity contribution in [1.82, 2.24) is 0 Å². The topological polar surface area (TPSA) is 44.1 Å². The Hall–Kier alpha value is -2.09. The summed E-state index contributed by atoms with van der Waals surface area (Å²) in [6.45, 7) is 0.698. The molecule has 0 atom stereocenters. The monoisotopic (exact) mass is 330 g/mol. The summed E-state index contributed by atoms with van der Waals surface area (Å²) in [5, 5.41) is 8.60. The number of halogens is 1. The van der Waals surface area contributed by atoms with E-state index in [-0.39, 0.29) is 5.78 Å². The largest absolute Gasteiger partial charge is 0.374 e. The second kappa shape index (κ2) is 7.79. The maximum atomic E-state index is 12.0. The summed E-state index contributed by atoms with van der Waals surface area (Å²) in [4.78, 5) is 14.6. The Morgan fingerprint density at radius 2 is 2.05 bits per heavy atom. The normalized spacial score (nSPS) is 10.6. The van der Waals surface area contributed by atoms with Crippen LogP contribution in [0.4, 0.5) is 5.69 Å². The number of allylic oxidation sites excluding steroid dienone is 1. The van der Waals surface area contributed by atoms with E-state index in [0.717, 1.165) is 11.3 Å². The van der Waals surface area contributed by atoms with Gasteiger partial charge in [-0.25, -0.2) is 0 Å². The smallest absolute Gasteiger partial charge is 0.195 e. The van der Waals surface area contributed by atoms with Crippen molar-refractivity contribution in [2.24, 2.45) is 0 Å². The second-order valence-electron chi connectivity index (χ2n) is 4.72. The van der Waals surface area contributed by atoms with Crippen LogP contribution in [0.15, 0.2) is 42.5 Å². The van der Waals surface area contributed by atoms with E-state index in [2.05, 4.69) is 6.07 Å². The number of hydrogen-bond donors (Lipinski definition) is 0. The minimum atomic E-state index is -0.0490. The van der Waals surface area contributed by atoms with Gasteiger partial charge in [0.05, 0.1) is 21.7 Å². The molecule has 0 radical (unpaired) electrons. The third-order valence-electron chi connectivity index (χ3n) is 3.14. The average Bonchev–Trinajstić information content (AvgIpc) is 2.97. The summed E-state index contributed by atoms with van der Waals surface area (Å²) >= 11 is 7.10. The summed E-state index contributed by atoms with van der Waals surface area (Å²) in [6.07, 6.45) is 3.83. The summed E-state index contributed by atoms with van der Waals surface area (Å²) in [7, 11) is 1.95. The fraction of sp³-hybridized carbons (Fsp3) is 0.176. The highest BCUT2D eigenvalue weighted by atomic mass is 35.5. The van der Waals surface area contributed by atoms with Gasteiger partial charge in [-0.3, -0.25) is 4.79 Å². The molecule has 0 aliphatic rings. The Morgan fingerprint density at radius 3 is 2.64 bits per heavy atom. The van der Waals surface area contributed by atoms with E-state index >= 15 is 0 Å². The van der Waals surface area contributed by atoms with Crippen LogP contribution in [0.25, 0.3) is 6.08 Å². The van der Waals surface area contributed by atoms with Gasteiger partial charge in [0.1, 0.15) is 0 Å². The van der Waals surface area contributed by atoms with Crippen LogP contribution in [0.5, 0.6) is 0 Å². The molecule has 0 bridgehead atoms. The zero-order valence-corrected chi connectivity index (χ0v) is 13.7. The molecule has 0 aliphatic heterocycles. The molecule has 0 fully saturated rings. The third-order valence-corrected chi connectivity index (χ3v) is 4.38. The van der Waals surface area contributed by atoms with E-state index < -0.39 is 0 Å². The van der Waals surface area contributed by atoms with Gasteiger partial charge in [-0.1, -0.05) is 29.8 Å². The van der Waals surface area contributed by atoms with Crippen molar-refractivity contribution in [2.75, 3.05) is 18.5 Å². The number of carbonyl (C=O) groups is 1. The number of nitriles is 1. The van der Waals surface area contributed by atoms with Crippen molar-refractivity contribution >= 4 is 40.5 Å². The lowest BCUT2D eigenvalue weighted by Crippen LogP contribution is -2.17. The summed E-state index contributed by atoms with van der Waals surface area (Å²) in [6, 6.07) is 13.4. The van der Waals surface area contributed by atoms with Crippen LogP contribution in [-0.2, 0) is 0 Å². The number of hydrogen-bond acceptors (Lipinski definition) is 4. The molecule has 0 aliphatic carbocycles. The van der Waals surface area contributed by atoms with Crippen LogP contribution >= 0.6 is 22.9 Å². The number of nitrogens with zero attached hydrogens (tertiary/aromatic N) is 2. The number of carbonyl (C=O) groups excluding carboxylic acids is 1. The van der Waals surface area contributed by atoms with Crippen molar-refractivity contribution in [1.29, 1.82) is 5.26 Å². The fourth-order valence-electron chi connectivity index (χ4n) is 1.89. The van der Waals surface area contributed by atoms with E-state index in [4.69, 9.17) is 16.9 Å². The average molecular weight is 331 g/mol. The first kappa shape index (κ1) is 16.3. The van der Waals surface area contributed by atoms with E-state index in [1.807, 2.05) is 36.2 Å². The number of thiophene rings is 1. The molecule has 0 N–H and O–H groups in total. The molecule has 2 rings (SSSR count). The molecular weight excluding hydrogens is 316 g/mol. The van der Waals surface area contributed by atoms with Crippen LogP contribution in [0.2, 0.25) is 4.34 Å². The van der Waals surface area contributed by atoms with Gasteiger partial charge in [0.15, 0.2) is 5.78 Å². The first-order valence-electron chi connectivity index (χ1n) is 6.76. The molecule has 112 valence electrons. The molecule has 0 spiro atoms. The highest BCUT2D eigenvalue weighted by Crippen LogP contribution is 2.22. The molecule has 3 nitrogen and oxygen atoms in total. The van der Waals surface area contributed by atoms with Gasteiger partial charge in [0.25, 0.3) is 0 Å². The molecule has 0 saturated carbocycles. The number of benzene rings is 1. The van der Waals surface area contributed by atoms with Crippen LogP contribution in [0, 0.1) is 11.3 Å². The molecule has 0 amide bonds. The fourth-order valence-corrected chi connectivity index (χ4v) is 2.85. The SMILES string of the molecule is CN(CCC#N)c1ccc(C=CC(=O)c2ccc(Cl)s2)cc1. The van der Waals surface area contributed by atoms with Crippen molar-refractivity contribution < 1.29 is 4.79 Å². The summed E-state index contributed by atoms with van der Waals surface area (Å²) in [5.74, 6) is -0.0490. The van der Waals surface area contributed by atoms with Crippen LogP contribution in [-0.4, -0.2) is 19.4 Å². The lowest BCUT2D eigenvalue weighted by atomic mass is 10.1. The molecule has 1 aromatic carbocycles. The molecule has 2 aromatic rings. The van der Waals surface area contributed by atoms with Crippen molar-refractivity contribution in [3.63, 3.8) is 0 Å². The minimum Gasteiger partial charge on any atom is -0.374 e. The van der Waals surface area contributed by atoms with E-state index in [1.54, 1.807) is 24.3 Å². The summed E-state index contributed by atoms with van der Waals surface area (Å²) in [5.41, 5.74) is 2.00. The highest BCUT2D eigenvalue weighted by molar-refractivity contribution is 7.18. The van der Waals surface area contributed by atoms with Gasteiger partial charge in [-0.05, 0) is 35.9 Å². The maximum absolute atomic E-state index is 12.0. The predicted octanol–water partition coefficient (Wildman–Crippen LogP) is 4.65. The number of rotatable bonds is 6. The maximum Gasteiger partial charge on any atom is 0.195 e. The zero-order chi connectivity index (χ0) is 15.9. The Morgan fingerprint density at radius 1 is 1.32 bits per heavy atom. The molecule has 1 aromatic heterocycles. The van der Waals surface area contributed by atoms with Gasteiger partial charge >= 0.3 is 0 Å². The van der Waals surface area contributed by atoms with Crippen molar-refractivity contribution in [2.45, 2.75) is 6.42 Å². The standard InChI is InChI=1S/C17H15ClN2OS/c1-20(12-2-11-19)14-6-3-13(4-7-14)5-8-15(21)16-9-10-17(18)22-16/h3-10H,2,12H2,1H3. The first-order chi connectivity index (χ1) is 10.6. The molecule has 1 heterocycles. The van der Waals surface area contributed by atoms with Gasteiger partial charge < -0.3 is 4.90 Å². The lowest BCUT2D eigenvalue weighted by molar-refractivity contribution is 0.105. The van der Waals surface area contributed by atoms with Gasteiger partial charge in [-0.2, -0.15) is 5.26 Å². The Kier molecular flexibility index (Phi) is 5.76. The molecular formula is C17H15ClN2OS. The van der Waals surface area contributed by atoms with Crippen molar-refractivity contribution in [3.05, 3.63) is 57.3 Å². The molecule has 5 heteroatoms. The van der Waals surface area contributed by atoms with Gasteiger partial charge in [0.2, 0.25) is 0 Å². The van der Waals surface area contributed by atoms with E-state index in [1.165, 1.54) is 11.3 Å². The van der Waals surface area contributed by atoms with Crippen molar-refractivity contribution in [3.8, 4) is 6.07 Å². The quantitative estimate of drug-likeness (QED) is 0.572. The highest BCUT2D eigenvalue weighted by Gasteiger charge is 2.05. The van der Waals surface area contributed by atoms with Crippen LogP contribution in [0.1, 0.15) is 21.7 Å². The second-order valence-corrected chi connectivity index (χ2v) is 6.44. The number of ketones is 1. The van der Waals surface area contributed by atoms with Crippen LogP contribution < -0.4 is 4.90 Å². The Bertz CT molecular complexity index is 713. The third kappa shape index (κ3) is 4.45. The lowest BCUT2D eigenvalue weighted by Gasteiger charge is -2.17. The molecule has 22 heavy (non-hydrogen) atoms. The van der Waals surface area contributed by atoms with Crippen LogP contribution in [0.3, 0.4) is 0 Å². The Labute approximate surface area is 139 Å². The molecule has 0 unspecified atom stereocenters.